The van der Waals surface area contributed by atoms with Crippen molar-refractivity contribution < 1.29 is 14.3 Å². The van der Waals surface area contributed by atoms with Crippen LogP contribution >= 0.6 is 50.9 Å². The lowest BCUT2D eigenvalue weighted by Crippen LogP contribution is -2.42. The molecule has 0 fully saturated rings. The van der Waals surface area contributed by atoms with Crippen molar-refractivity contribution in [2.45, 2.75) is 50.7 Å². The van der Waals surface area contributed by atoms with Gasteiger partial charge in [-0.1, -0.05) is 67.6 Å². The van der Waals surface area contributed by atoms with E-state index in [4.69, 9.17) is 23.2 Å². The third-order valence-electron chi connectivity index (χ3n) is 6.13. The highest BCUT2D eigenvalue weighted by Gasteiger charge is 2.22. The molecular formula is C30H28BrCl2N7O3S. The molecule has 0 unspecified atom stereocenters. The number of carbonyl (C=O) groups is 2. The number of hydrogen-bond donors (Lipinski definition) is 2. The molecule has 0 spiro atoms. The zero-order chi connectivity index (χ0) is 32.2. The summed E-state index contributed by atoms with van der Waals surface area (Å²) in [6.07, 6.45) is 2.50. The number of pyridine rings is 1. The summed E-state index contributed by atoms with van der Waals surface area (Å²) in [4.78, 5) is 25.3. The largest absolute Gasteiger partial charge is 0.619 e. The number of anilines is 1. The number of amides is 2. The second kappa shape index (κ2) is 13.6. The molecule has 0 aliphatic carbocycles. The normalized spacial score (nSPS) is 11.5. The Morgan fingerprint density at radius 2 is 1.80 bits per heavy atom. The van der Waals surface area contributed by atoms with E-state index in [9.17, 15) is 14.8 Å². The predicted molar refractivity (Wildman–Crippen MR) is 175 cm³/mol. The van der Waals surface area contributed by atoms with Gasteiger partial charge in [0.25, 0.3) is 5.91 Å². The van der Waals surface area contributed by atoms with Crippen molar-refractivity contribution in [2.75, 3.05) is 11.1 Å². The number of rotatable bonds is 7. The minimum absolute atomic E-state index is 0.0140. The van der Waals surface area contributed by atoms with Gasteiger partial charge < -0.3 is 15.8 Å². The first-order valence-corrected chi connectivity index (χ1v) is 15.7. The number of hydrogen-bond acceptors (Lipinski definition) is 7. The molecule has 0 saturated carbocycles. The number of carbonyl (C=O) groups excluding carboxylic acids is 2. The Labute approximate surface area is 277 Å². The molecule has 4 aromatic rings. The van der Waals surface area contributed by atoms with Gasteiger partial charge in [-0.2, -0.15) is 9.41 Å². The maximum Gasteiger partial charge on any atom is 0.252 e. The highest BCUT2D eigenvalue weighted by Crippen LogP contribution is 2.36. The smallest absolute Gasteiger partial charge is 0.252 e. The summed E-state index contributed by atoms with van der Waals surface area (Å²) in [5.41, 5.74) is 1.98. The van der Waals surface area contributed by atoms with Gasteiger partial charge in [-0.15, -0.1) is 5.10 Å². The average Bonchev–Trinajstić information content (AvgIpc) is 3.41. The van der Waals surface area contributed by atoms with Crippen molar-refractivity contribution in [3.8, 4) is 17.5 Å². The molecule has 2 amide bonds. The summed E-state index contributed by atoms with van der Waals surface area (Å²) in [6, 6.07) is 11.8. The molecule has 2 aromatic carbocycles. The van der Waals surface area contributed by atoms with Crippen LogP contribution in [0, 0.1) is 17.0 Å². The monoisotopic (exact) mass is 715 g/mol. The van der Waals surface area contributed by atoms with E-state index >= 15 is 0 Å². The Hall–Kier alpha value is -3.63. The summed E-state index contributed by atoms with van der Waals surface area (Å²) in [5, 5.41) is 29.9. The molecule has 44 heavy (non-hydrogen) atoms. The summed E-state index contributed by atoms with van der Waals surface area (Å²) in [5.74, 6) is 5.36. The molecule has 2 heterocycles. The lowest BCUT2D eigenvalue weighted by Gasteiger charge is -2.21. The van der Waals surface area contributed by atoms with Crippen LogP contribution in [-0.2, 0) is 10.2 Å². The van der Waals surface area contributed by atoms with Crippen LogP contribution in [0.25, 0.3) is 5.69 Å². The van der Waals surface area contributed by atoms with Crippen LogP contribution in [0.2, 0.25) is 10.0 Å². The van der Waals surface area contributed by atoms with E-state index in [0.29, 0.717) is 46.9 Å². The Morgan fingerprint density at radius 1 is 1.09 bits per heavy atom. The summed E-state index contributed by atoms with van der Waals surface area (Å²) < 4.78 is 2.82. The summed E-state index contributed by atoms with van der Waals surface area (Å²) in [7, 11) is 0. The second-order valence-electron chi connectivity index (χ2n) is 11.2. The van der Waals surface area contributed by atoms with Crippen LogP contribution in [0.4, 0.5) is 5.69 Å². The van der Waals surface area contributed by atoms with Crippen molar-refractivity contribution >= 4 is 68.4 Å². The number of benzene rings is 2. The Balaban J connectivity index is 1.39. The molecule has 228 valence electrons. The maximum absolute atomic E-state index is 12.8. The second-order valence-corrected chi connectivity index (χ2v) is 13.8. The average molecular weight is 717 g/mol. The summed E-state index contributed by atoms with van der Waals surface area (Å²) >= 11 is 17.7. The molecule has 10 nitrogen and oxygen atoms in total. The molecule has 2 aromatic heterocycles. The Bertz CT molecular complexity index is 1780. The number of nitrogens with zero attached hydrogens (tertiary/aromatic N) is 5. The van der Waals surface area contributed by atoms with E-state index in [1.165, 1.54) is 29.2 Å². The molecule has 0 bridgehead atoms. The van der Waals surface area contributed by atoms with Gasteiger partial charge in [0.15, 0.2) is 12.4 Å². The van der Waals surface area contributed by atoms with E-state index in [2.05, 4.69) is 74.7 Å². The van der Waals surface area contributed by atoms with Crippen molar-refractivity contribution in [1.29, 1.82) is 0 Å². The fraction of sp³-hybridized carbons (Fsp3) is 0.267. The van der Waals surface area contributed by atoms with Crippen LogP contribution in [-0.4, -0.2) is 43.3 Å². The van der Waals surface area contributed by atoms with Gasteiger partial charge in [0.2, 0.25) is 11.1 Å². The molecular weight excluding hydrogens is 689 g/mol. The van der Waals surface area contributed by atoms with Gasteiger partial charge in [0.05, 0.1) is 38.3 Å². The highest BCUT2D eigenvalue weighted by molar-refractivity contribution is 9.10. The molecule has 2 N–H and O–H groups in total. The van der Waals surface area contributed by atoms with Crippen molar-refractivity contribution in [3.63, 3.8) is 0 Å². The number of tetrazole rings is 1. The third kappa shape index (κ3) is 8.51. The van der Waals surface area contributed by atoms with Crippen LogP contribution in [0.3, 0.4) is 0 Å². The third-order valence-corrected chi connectivity index (χ3v) is 8.61. The van der Waals surface area contributed by atoms with Gasteiger partial charge in [0, 0.05) is 22.2 Å². The van der Waals surface area contributed by atoms with E-state index in [1.807, 2.05) is 12.1 Å². The minimum atomic E-state index is -0.874. The zero-order valence-corrected chi connectivity index (χ0v) is 28.3. The van der Waals surface area contributed by atoms with Crippen LogP contribution < -0.4 is 15.4 Å². The van der Waals surface area contributed by atoms with Crippen molar-refractivity contribution in [3.05, 3.63) is 91.3 Å². The molecule has 0 atom stereocenters. The molecule has 0 saturated heterocycles. The van der Waals surface area contributed by atoms with Crippen LogP contribution in [0.5, 0.6) is 0 Å². The molecule has 0 radical (unpaired) electrons. The van der Waals surface area contributed by atoms with Crippen molar-refractivity contribution in [2.24, 2.45) is 0 Å². The first-order valence-electron chi connectivity index (χ1n) is 13.2. The standard InChI is InChI=1S/C30H28BrCl2N7O3S/c1-29(2,3)20-15-21(31)26(33)24(16-20)40-28(36-37-38-40)44-17-25(41)34-23-7-6-18(14-22(23)32)8-11-30(4,5)35-27(42)19-9-12-39(43)13-10-19/h6-7,9-10,12-16H,17H2,1-5H3,(H,34,41)(H,35,42). The van der Waals surface area contributed by atoms with Crippen LogP contribution in [0.1, 0.15) is 56.1 Å². The lowest BCUT2D eigenvalue weighted by molar-refractivity contribution is -0.605. The van der Waals surface area contributed by atoms with Gasteiger partial charge in [0.1, 0.15) is 0 Å². The SMILES string of the molecule is CC(C)(C#Cc1ccc(NC(=O)CSc2nnnn2-c2cc(C(C)(C)C)cc(Br)c2Cl)c(Cl)c1)NC(=O)c1cc[n+]([O-])cc1. The van der Waals surface area contributed by atoms with E-state index in [0.717, 1.165) is 17.3 Å². The van der Waals surface area contributed by atoms with E-state index < -0.39 is 5.54 Å². The Morgan fingerprint density at radius 3 is 2.45 bits per heavy atom. The van der Waals surface area contributed by atoms with Crippen LogP contribution in [0.15, 0.2) is 64.5 Å². The number of nitrogens with one attached hydrogen (secondary N) is 2. The van der Waals surface area contributed by atoms with Gasteiger partial charge in [-0.25, -0.2) is 0 Å². The van der Waals surface area contributed by atoms with E-state index in [-0.39, 0.29) is 23.0 Å². The number of thioether (sulfide) groups is 1. The molecule has 0 aliphatic heterocycles. The lowest BCUT2D eigenvalue weighted by atomic mass is 9.87. The molecule has 4 rings (SSSR count). The molecule has 14 heteroatoms. The fourth-order valence-corrected chi connectivity index (χ4v) is 5.32. The topological polar surface area (TPSA) is 129 Å². The van der Waals surface area contributed by atoms with E-state index in [1.54, 1.807) is 32.0 Å². The fourth-order valence-electron chi connectivity index (χ4n) is 3.77. The first-order chi connectivity index (χ1) is 20.6. The maximum atomic E-state index is 12.8. The van der Waals surface area contributed by atoms with Gasteiger partial charge in [-0.05, 0) is 81.5 Å². The Kier molecular flexibility index (Phi) is 10.3. The first kappa shape index (κ1) is 33.3. The number of halogens is 3. The summed E-state index contributed by atoms with van der Waals surface area (Å²) in [6.45, 7) is 9.79. The molecule has 0 aliphatic rings. The van der Waals surface area contributed by atoms with Gasteiger partial charge in [-0.3, -0.25) is 9.59 Å². The predicted octanol–water partition coefficient (Wildman–Crippen LogP) is 5.95. The number of aromatic nitrogens is 5. The van der Waals surface area contributed by atoms with Gasteiger partial charge >= 0.3 is 0 Å². The zero-order valence-electron chi connectivity index (χ0n) is 24.4. The van der Waals surface area contributed by atoms with Crippen molar-refractivity contribution in [1.82, 2.24) is 25.5 Å². The quantitative estimate of drug-likeness (QED) is 0.105. The highest BCUT2D eigenvalue weighted by atomic mass is 79.9. The minimum Gasteiger partial charge on any atom is -0.619 e.